The molecule has 1 aromatic rings. The monoisotopic (exact) mass is 238 g/mol. The zero-order valence-electron chi connectivity index (χ0n) is 11.6. The van der Waals surface area contributed by atoms with Crippen molar-refractivity contribution >= 4 is 0 Å². The van der Waals surface area contributed by atoms with Gasteiger partial charge in [0.05, 0.1) is 5.69 Å². The number of nitrogens with zero attached hydrogens (tertiary/aromatic N) is 2. The SMILES string of the molecule is CCCCC(CCc1c(C)nn(C)c1C)NN. The van der Waals surface area contributed by atoms with E-state index in [9.17, 15) is 0 Å². The summed E-state index contributed by atoms with van der Waals surface area (Å²) in [5, 5.41) is 4.44. The van der Waals surface area contributed by atoms with Gasteiger partial charge in [-0.2, -0.15) is 5.10 Å². The van der Waals surface area contributed by atoms with Crippen molar-refractivity contribution in [3.8, 4) is 0 Å². The normalized spacial score (nSPS) is 13.0. The highest BCUT2D eigenvalue weighted by Crippen LogP contribution is 2.16. The molecule has 0 aliphatic carbocycles. The van der Waals surface area contributed by atoms with E-state index >= 15 is 0 Å². The lowest BCUT2D eigenvalue weighted by atomic mass is 10.0. The van der Waals surface area contributed by atoms with Gasteiger partial charge in [0.25, 0.3) is 0 Å². The molecule has 0 spiro atoms. The fraction of sp³-hybridized carbons (Fsp3) is 0.769. The minimum Gasteiger partial charge on any atom is -0.272 e. The van der Waals surface area contributed by atoms with Crippen LogP contribution in [0.5, 0.6) is 0 Å². The molecule has 0 aromatic carbocycles. The molecule has 17 heavy (non-hydrogen) atoms. The number of nitrogens with one attached hydrogen (secondary N) is 1. The molecule has 0 saturated carbocycles. The minimum atomic E-state index is 0.425. The molecule has 0 radical (unpaired) electrons. The average molecular weight is 238 g/mol. The van der Waals surface area contributed by atoms with E-state index < -0.39 is 0 Å². The van der Waals surface area contributed by atoms with Crippen LogP contribution in [0.25, 0.3) is 0 Å². The molecule has 0 aliphatic rings. The van der Waals surface area contributed by atoms with Crippen molar-refractivity contribution in [1.29, 1.82) is 0 Å². The topological polar surface area (TPSA) is 55.9 Å². The van der Waals surface area contributed by atoms with E-state index in [1.807, 2.05) is 11.7 Å². The molecule has 1 unspecified atom stereocenters. The summed E-state index contributed by atoms with van der Waals surface area (Å²) in [5.74, 6) is 5.59. The molecule has 0 saturated heterocycles. The molecule has 0 amide bonds. The standard InChI is InChI=1S/C13H26N4/c1-5-6-7-12(15-14)8-9-13-10(2)16-17(4)11(13)3/h12,15H,5-9,14H2,1-4H3. The van der Waals surface area contributed by atoms with Crippen LogP contribution in [0, 0.1) is 13.8 Å². The van der Waals surface area contributed by atoms with E-state index in [2.05, 4.69) is 31.3 Å². The first-order chi connectivity index (χ1) is 8.10. The van der Waals surface area contributed by atoms with Crippen molar-refractivity contribution in [2.45, 2.75) is 58.9 Å². The van der Waals surface area contributed by atoms with E-state index in [0.29, 0.717) is 6.04 Å². The highest BCUT2D eigenvalue weighted by Gasteiger charge is 2.12. The van der Waals surface area contributed by atoms with Gasteiger partial charge in [-0.3, -0.25) is 16.0 Å². The van der Waals surface area contributed by atoms with Gasteiger partial charge in [-0.1, -0.05) is 19.8 Å². The fourth-order valence-corrected chi connectivity index (χ4v) is 2.26. The lowest BCUT2D eigenvalue weighted by Crippen LogP contribution is -2.35. The van der Waals surface area contributed by atoms with Crippen LogP contribution in [0.15, 0.2) is 0 Å². The predicted octanol–water partition coefficient (Wildman–Crippen LogP) is 1.99. The van der Waals surface area contributed by atoms with Crippen molar-refractivity contribution in [2.24, 2.45) is 12.9 Å². The molecule has 0 aliphatic heterocycles. The van der Waals surface area contributed by atoms with Crippen molar-refractivity contribution < 1.29 is 0 Å². The summed E-state index contributed by atoms with van der Waals surface area (Å²) in [6, 6.07) is 0.425. The van der Waals surface area contributed by atoms with E-state index in [0.717, 1.165) is 25.0 Å². The van der Waals surface area contributed by atoms with Crippen LogP contribution >= 0.6 is 0 Å². The predicted molar refractivity (Wildman–Crippen MR) is 71.6 cm³/mol. The van der Waals surface area contributed by atoms with E-state index in [1.165, 1.54) is 24.1 Å². The summed E-state index contributed by atoms with van der Waals surface area (Å²) in [4.78, 5) is 0. The van der Waals surface area contributed by atoms with Crippen LogP contribution in [0.1, 0.15) is 49.6 Å². The van der Waals surface area contributed by atoms with Gasteiger partial charge in [0.1, 0.15) is 0 Å². The summed E-state index contributed by atoms with van der Waals surface area (Å²) >= 11 is 0. The maximum Gasteiger partial charge on any atom is 0.0628 e. The van der Waals surface area contributed by atoms with Crippen molar-refractivity contribution in [1.82, 2.24) is 15.2 Å². The Balaban J connectivity index is 2.53. The number of nitrogens with two attached hydrogens (primary N) is 1. The van der Waals surface area contributed by atoms with Crippen LogP contribution in [0.2, 0.25) is 0 Å². The molecule has 4 heteroatoms. The largest absolute Gasteiger partial charge is 0.272 e. The molecule has 1 rings (SSSR count). The van der Waals surface area contributed by atoms with Crippen LogP contribution < -0.4 is 11.3 Å². The van der Waals surface area contributed by atoms with Gasteiger partial charge < -0.3 is 0 Å². The molecule has 98 valence electrons. The Hall–Kier alpha value is -0.870. The van der Waals surface area contributed by atoms with Crippen molar-refractivity contribution in [3.05, 3.63) is 17.0 Å². The molecule has 0 fully saturated rings. The second kappa shape index (κ2) is 6.77. The molecule has 0 bridgehead atoms. The number of hydrogen-bond acceptors (Lipinski definition) is 3. The Morgan fingerprint density at radius 1 is 1.35 bits per heavy atom. The average Bonchev–Trinajstić information content (AvgIpc) is 2.55. The summed E-state index contributed by atoms with van der Waals surface area (Å²) in [6.45, 7) is 6.43. The first-order valence-electron chi connectivity index (χ1n) is 6.55. The highest BCUT2D eigenvalue weighted by molar-refractivity contribution is 5.24. The minimum absolute atomic E-state index is 0.425. The van der Waals surface area contributed by atoms with Gasteiger partial charge in [-0.15, -0.1) is 0 Å². The Bertz CT molecular complexity index is 343. The summed E-state index contributed by atoms with van der Waals surface area (Å²) in [6.07, 6.45) is 5.77. The molecular weight excluding hydrogens is 212 g/mol. The second-order valence-corrected chi connectivity index (χ2v) is 4.82. The third kappa shape index (κ3) is 3.82. The zero-order valence-corrected chi connectivity index (χ0v) is 11.6. The number of aromatic nitrogens is 2. The molecule has 1 atom stereocenters. The Morgan fingerprint density at radius 2 is 2.06 bits per heavy atom. The smallest absolute Gasteiger partial charge is 0.0628 e. The Morgan fingerprint density at radius 3 is 2.53 bits per heavy atom. The zero-order chi connectivity index (χ0) is 12.8. The molecule has 1 aromatic heterocycles. The van der Waals surface area contributed by atoms with Gasteiger partial charge >= 0.3 is 0 Å². The number of aryl methyl sites for hydroxylation is 2. The van der Waals surface area contributed by atoms with E-state index in [1.54, 1.807) is 0 Å². The second-order valence-electron chi connectivity index (χ2n) is 4.82. The Kier molecular flexibility index (Phi) is 5.65. The molecule has 3 N–H and O–H groups in total. The molecular formula is C13H26N4. The quantitative estimate of drug-likeness (QED) is 0.564. The van der Waals surface area contributed by atoms with Crippen LogP contribution in [0.3, 0.4) is 0 Å². The third-order valence-electron chi connectivity index (χ3n) is 3.54. The summed E-state index contributed by atoms with van der Waals surface area (Å²) < 4.78 is 1.96. The first-order valence-corrected chi connectivity index (χ1v) is 6.55. The third-order valence-corrected chi connectivity index (χ3v) is 3.54. The van der Waals surface area contributed by atoms with Gasteiger partial charge in [-0.05, 0) is 38.7 Å². The fourth-order valence-electron chi connectivity index (χ4n) is 2.26. The van der Waals surface area contributed by atoms with Gasteiger partial charge in [0.15, 0.2) is 0 Å². The van der Waals surface area contributed by atoms with Gasteiger partial charge in [-0.25, -0.2) is 0 Å². The van der Waals surface area contributed by atoms with E-state index in [-0.39, 0.29) is 0 Å². The highest BCUT2D eigenvalue weighted by atomic mass is 15.3. The van der Waals surface area contributed by atoms with Crippen LogP contribution in [-0.2, 0) is 13.5 Å². The number of hydrazine groups is 1. The van der Waals surface area contributed by atoms with Crippen LogP contribution in [-0.4, -0.2) is 15.8 Å². The number of unbranched alkanes of at least 4 members (excludes halogenated alkanes) is 1. The molecule has 4 nitrogen and oxygen atoms in total. The van der Waals surface area contributed by atoms with Gasteiger partial charge in [0, 0.05) is 18.8 Å². The van der Waals surface area contributed by atoms with Crippen molar-refractivity contribution in [3.63, 3.8) is 0 Å². The van der Waals surface area contributed by atoms with Gasteiger partial charge in [0.2, 0.25) is 0 Å². The number of rotatable bonds is 7. The maximum atomic E-state index is 5.59. The summed E-state index contributed by atoms with van der Waals surface area (Å²) in [7, 11) is 2.00. The first kappa shape index (κ1) is 14.2. The van der Waals surface area contributed by atoms with E-state index in [4.69, 9.17) is 5.84 Å². The van der Waals surface area contributed by atoms with Crippen LogP contribution in [0.4, 0.5) is 0 Å². The molecule has 1 heterocycles. The lowest BCUT2D eigenvalue weighted by molar-refractivity contribution is 0.448. The summed E-state index contributed by atoms with van der Waals surface area (Å²) in [5.41, 5.74) is 6.73. The van der Waals surface area contributed by atoms with Crippen molar-refractivity contribution in [2.75, 3.05) is 0 Å². The maximum absolute atomic E-state index is 5.59. The number of hydrogen-bond donors (Lipinski definition) is 2. The Labute approximate surface area is 105 Å². The lowest BCUT2D eigenvalue weighted by Gasteiger charge is -2.15.